The lowest BCUT2D eigenvalue weighted by Crippen LogP contribution is -2.41. The van der Waals surface area contributed by atoms with Crippen molar-refractivity contribution in [2.45, 2.75) is 32.2 Å². The quantitative estimate of drug-likeness (QED) is 0.764. The molecule has 0 aliphatic heterocycles. The molecule has 3 heteroatoms. The maximum atomic E-state index is 9.25. The minimum Gasteiger partial charge on any atom is -0.496 e. The maximum Gasteiger partial charge on any atom is 0.123 e. The summed E-state index contributed by atoms with van der Waals surface area (Å²) in [5.41, 5.74) is 0.863. The smallest absolute Gasteiger partial charge is 0.123 e. The second-order valence-electron chi connectivity index (χ2n) is 4.43. The first-order valence-corrected chi connectivity index (χ1v) is 6.17. The van der Waals surface area contributed by atoms with Gasteiger partial charge in [-0.1, -0.05) is 25.1 Å². The predicted octanol–water partition coefficient (Wildman–Crippen LogP) is 2.29. The fourth-order valence-corrected chi connectivity index (χ4v) is 2.04. The Kier molecular flexibility index (Phi) is 5.45. The van der Waals surface area contributed by atoms with Crippen LogP contribution in [0, 0.1) is 0 Å². The van der Waals surface area contributed by atoms with E-state index in [1.807, 2.05) is 18.2 Å². The molecule has 3 nitrogen and oxygen atoms in total. The zero-order valence-electron chi connectivity index (χ0n) is 11.0. The Balaban J connectivity index is 3.02. The topological polar surface area (TPSA) is 41.5 Å². The van der Waals surface area contributed by atoms with Gasteiger partial charge < -0.3 is 15.2 Å². The van der Waals surface area contributed by atoms with Gasteiger partial charge in [0.1, 0.15) is 5.75 Å². The molecule has 0 amide bonds. The third-order valence-corrected chi connectivity index (χ3v) is 3.08. The monoisotopic (exact) mass is 237 g/mol. The predicted molar refractivity (Wildman–Crippen MR) is 70.3 cm³/mol. The van der Waals surface area contributed by atoms with Crippen LogP contribution in [0.1, 0.15) is 32.3 Å². The zero-order chi connectivity index (χ0) is 12.7. The van der Waals surface area contributed by atoms with E-state index in [0.29, 0.717) is 6.42 Å². The maximum absolute atomic E-state index is 9.25. The normalized spacial score (nSPS) is 14.4. The first-order chi connectivity index (χ1) is 8.18. The van der Waals surface area contributed by atoms with Crippen molar-refractivity contribution in [2.75, 3.05) is 20.3 Å². The summed E-state index contributed by atoms with van der Waals surface area (Å²) < 4.78 is 5.40. The molecule has 0 aliphatic rings. The summed E-state index contributed by atoms with van der Waals surface area (Å²) in [7, 11) is 1.68. The van der Waals surface area contributed by atoms with E-state index in [4.69, 9.17) is 4.74 Å². The molecule has 1 aromatic rings. The standard InChI is InChI=1S/C14H23NO2/c1-4-10-15-14(2,9-11-16)12-7-5-6-8-13(12)17-3/h5-8,15-16H,4,9-11H2,1-3H3. The van der Waals surface area contributed by atoms with E-state index in [1.165, 1.54) is 0 Å². The van der Waals surface area contributed by atoms with Gasteiger partial charge in [-0.15, -0.1) is 0 Å². The zero-order valence-corrected chi connectivity index (χ0v) is 11.0. The molecule has 0 heterocycles. The van der Waals surface area contributed by atoms with Gasteiger partial charge in [0.05, 0.1) is 7.11 Å². The van der Waals surface area contributed by atoms with Crippen molar-refractivity contribution in [1.82, 2.24) is 5.32 Å². The number of hydrogen-bond acceptors (Lipinski definition) is 3. The molecule has 1 unspecified atom stereocenters. The van der Waals surface area contributed by atoms with Gasteiger partial charge in [0.2, 0.25) is 0 Å². The molecule has 0 radical (unpaired) electrons. The van der Waals surface area contributed by atoms with E-state index in [2.05, 4.69) is 25.2 Å². The van der Waals surface area contributed by atoms with Crippen LogP contribution in [0.2, 0.25) is 0 Å². The molecule has 0 spiro atoms. The Bertz CT molecular complexity index is 341. The van der Waals surface area contributed by atoms with Crippen LogP contribution < -0.4 is 10.1 Å². The number of rotatable bonds is 7. The van der Waals surface area contributed by atoms with E-state index in [-0.39, 0.29) is 12.1 Å². The first-order valence-electron chi connectivity index (χ1n) is 6.17. The van der Waals surface area contributed by atoms with Gasteiger partial charge in [0.25, 0.3) is 0 Å². The summed E-state index contributed by atoms with van der Waals surface area (Å²) >= 11 is 0. The number of hydrogen-bond donors (Lipinski definition) is 2. The Morgan fingerprint density at radius 2 is 2.06 bits per heavy atom. The van der Waals surface area contributed by atoms with Crippen LogP contribution in [-0.2, 0) is 5.54 Å². The fraction of sp³-hybridized carbons (Fsp3) is 0.571. The van der Waals surface area contributed by atoms with Gasteiger partial charge in [-0.25, -0.2) is 0 Å². The van der Waals surface area contributed by atoms with Crippen molar-refractivity contribution in [1.29, 1.82) is 0 Å². The number of aliphatic hydroxyl groups is 1. The third kappa shape index (κ3) is 3.45. The molecule has 17 heavy (non-hydrogen) atoms. The van der Waals surface area contributed by atoms with Crippen LogP contribution >= 0.6 is 0 Å². The first kappa shape index (κ1) is 14.0. The average molecular weight is 237 g/mol. The van der Waals surface area contributed by atoms with Crippen LogP contribution in [0.3, 0.4) is 0 Å². The van der Waals surface area contributed by atoms with E-state index >= 15 is 0 Å². The van der Waals surface area contributed by atoms with Crippen molar-refractivity contribution in [3.63, 3.8) is 0 Å². The molecule has 1 aromatic carbocycles. The molecule has 1 rings (SSSR count). The minimum atomic E-state index is -0.239. The number of methoxy groups -OCH3 is 1. The lowest BCUT2D eigenvalue weighted by molar-refractivity contribution is 0.217. The summed E-state index contributed by atoms with van der Waals surface area (Å²) in [5, 5.41) is 12.7. The summed E-state index contributed by atoms with van der Waals surface area (Å²) in [6, 6.07) is 7.97. The summed E-state index contributed by atoms with van der Waals surface area (Å²) in [4.78, 5) is 0. The van der Waals surface area contributed by atoms with Crippen molar-refractivity contribution in [3.8, 4) is 5.75 Å². The molecule has 0 bridgehead atoms. The van der Waals surface area contributed by atoms with Crippen LogP contribution in [0.4, 0.5) is 0 Å². The number of benzene rings is 1. The molecule has 0 aliphatic carbocycles. The van der Waals surface area contributed by atoms with E-state index in [1.54, 1.807) is 7.11 Å². The van der Waals surface area contributed by atoms with Crippen LogP contribution in [0.25, 0.3) is 0 Å². The minimum absolute atomic E-state index is 0.158. The molecule has 96 valence electrons. The van der Waals surface area contributed by atoms with Crippen molar-refractivity contribution >= 4 is 0 Å². The van der Waals surface area contributed by atoms with Crippen LogP contribution in [-0.4, -0.2) is 25.4 Å². The molecule has 0 aromatic heterocycles. The second kappa shape index (κ2) is 6.62. The van der Waals surface area contributed by atoms with Gasteiger partial charge in [0.15, 0.2) is 0 Å². The van der Waals surface area contributed by atoms with E-state index in [9.17, 15) is 5.11 Å². The van der Waals surface area contributed by atoms with E-state index < -0.39 is 0 Å². The molecule has 0 saturated heterocycles. The lowest BCUT2D eigenvalue weighted by Gasteiger charge is -2.32. The van der Waals surface area contributed by atoms with Crippen molar-refractivity contribution < 1.29 is 9.84 Å². The highest BCUT2D eigenvalue weighted by Crippen LogP contribution is 2.32. The third-order valence-electron chi connectivity index (χ3n) is 3.08. The van der Waals surface area contributed by atoms with Gasteiger partial charge in [-0.05, 0) is 32.4 Å². The van der Waals surface area contributed by atoms with Gasteiger partial charge in [-0.3, -0.25) is 0 Å². The summed E-state index contributed by atoms with van der Waals surface area (Å²) in [6.45, 7) is 5.32. The largest absolute Gasteiger partial charge is 0.496 e. The molecule has 2 N–H and O–H groups in total. The Morgan fingerprint density at radius 3 is 2.65 bits per heavy atom. The van der Waals surface area contributed by atoms with Gasteiger partial charge in [0, 0.05) is 17.7 Å². The number of nitrogens with one attached hydrogen (secondary N) is 1. The highest BCUT2D eigenvalue weighted by molar-refractivity contribution is 5.38. The Morgan fingerprint density at radius 1 is 1.35 bits per heavy atom. The van der Waals surface area contributed by atoms with E-state index in [0.717, 1.165) is 24.3 Å². The molecule has 0 fully saturated rings. The highest BCUT2D eigenvalue weighted by atomic mass is 16.5. The fourth-order valence-electron chi connectivity index (χ4n) is 2.04. The lowest BCUT2D eigenvalue weighted by atomic mass is 9.88. The molecular weight excluding hydrogens is 214 g/mol. The Labute approximate surface area is 104 Å². The summed E-state index contributed by atoms with van der Waals surface area (Å²) in [5.74, 6) is 0.868. The molecule has 0 saturated carbocycles. The van der Waals surface area contributed by atoms with Crippen LogP contribution in [0.15, 0.2) is 24.3 Å². The highest BCUT2D eigenvalue weighted by Gasteiger charge is 2.27. The molecule has 1 atom stereocenters. The second-order valence-corrected chi connectivity index (χ2v) is 4.43. The number of para-hydroxylation sites is 1. The van der Waals surface area contributed by atoms with Crippen LogP contribution in [0.5, 0.6) is 5.75 Å². The van der Waals surface area contributed by atoms with Gasteiger partial charge in [-0.2, -0.15) is 0 Å². The summed E-state index contributed by atoms with van der Waals surface area (Å²) in [6.07, 6.45) is 1.74. The Hall–Kier alpha value is -1.06. The number of ether oxygens (including phenoxy) is 1. The van der Waals surface area contributed by atoms with Gasteiger partial charge >= 0.3 is 0 Å². The SMILES string of the molecule is CCCNC(C)(CCO)c1ccccc1OC. The molecular formula is C14H23NO2. The van der Waals surface area contributed by atoms with Crippen molar-refractivity contribution in [3.05, 3.63) is 29.8 Å². The van der Waals surface area contributed by atoms with Crippen molar-refractivity contribution in [2.24, 2.45) is 0 Å². The number of aliphatic hydroxyl groups excluding tert-OH is 1. The average Bonchev–Trinajstić information content (AvgIpc) is 2.36.